The molecule has 16 heavy (non-hydrogen) atoms. The van der Waals surface area contributed by atoms with Crippen LogP contribution in [0.1, 0.15) is 44.2 Å². The fraction of sp³-hybridized carbons (Fsp3) is 0.467. The molecule has 0 heterocycles. The van der Waals surface area contributed by atoms with Crippen LogP contribution in [0.5, 0.6) is 0 Å². The zero-order valence-electron chi connectivity index (χ0n) is 10.4. The average Bonchev–Trinajstić information content (AvgIpc) is 2.30. The van der Waals surface area contributed by atoms with Gasteiger partial charge in [0.15, 0.2) is 5.60 Å². The summed E-state index contributed by atoms with van der Waals surface area (Å²) in [5, 5.41) is 10.5. The van der Waals surface area contributed by atoms with E-state index in [1.165, 1.54) is 0 Å². The second-order valence-electron chi connectivity index (χ2n) is 4.08. The molecule has 1 heteroatoms. The highest BCUT2D eigenvalue weighted by molar-refractivity contribution is 5.37. The van der Waals surface area contributed by atoms with E-state index in [-0.39, 0.29) is 0 Å². The van der Waals surface area contributed by atoms with E-state index in [0.717, 1.165) is 24.0 Å². The van der Waals surface area contributed by atoms with Crippen LogP contribution in [0.3, 0.4) is 0 Å². The topological polar surface area (TPSA) is 20.2 Å². The van der Waals surface area contributed by atoms with Crippen LogP contribution < -0.4 is 0 Å². The van der Waals surface area contributed by atoms with Gasteiger partial charge in [-0.1, -0.05) is 50.0 Å². The molecule has 0 unspecified atom stereocenters. The zero-order chi connectivity index (χ0) is 12.0. The van der Waals surface area contributed by atoms with Crippen LogP contribution in [0, 0.1) is 18.8 Å². The zero-order valence-corrected chi connectivity index (χ0v) is 10.4. The maximum Gasteiger partial charge on any atom is 0.150 e. The monoisotopic (exact) mass is 216 g/mol. The Kier molecular flexibility index (Phi) is 4.58. The molecule has 0 saturated carbocycles. The number of benzene rings is 1. The predicted octanol–water partition coefficient (Wildman–Crippen LogP) is 3.40. The van der Waals surface area contributed by atoms with Gasteiger partial charge in [0.25, 0.3) is 0 Å². The van der Waals surface area contributed by atoms with Gasteiger partial charge in [0, 0.05) is 6.42 Å². The molecular weight excluding hydrogens is 196 g/mol. The predicted molar refractivity (Wildman–Crippen MR) is 68.1 cm³/mol. The molecule has 1 aromatic carbocycles. The molecule has 0 aliphatic carbocycles. The third kappa shape index (κ3) is 2.87. The van der Waals surface area contributed by atoms with Gasteiger partial charge in [-0.3, -0.25) is 0 Å². The van der Waals surface area contributed by atoms with Crippen molar-refractivity contribution in [2.45, 2.75) is 45.6 Å². The van der Waals surface area contributed by atoms with Crippen LogP contribution in [0.15, 0.2) is 24.3 Å². The maximum atomic E-state index is 10.5. The molecule has 1 rings (SSSR count). The van der Waals surface area contributed by atoms with Gasteiger partial charge in [0.2, 0.25) is 0 Å². The van der Waals surface area contributed by atoms with E-state index in [1.807, 2.05) is 38.1 Å². The standard InChI is InChI=1S/C15H20O/c1-4-6-9-12-15(16,5-2)14-11-8-7-10-13(14)3/h7-8,10-11,16H,4-6H2,1-3H3/t15-/m1/s1. The highest BCUT2D eigenvalue weighted by atomic mass is 16.3. The van der Waals surface area contributed by atoms with Crippen LogP contribution in [-0.2, 0) is 5.60 Å². The first-order valence-electron chi connectivity index (χ1n) is 5.92. The fourth-order valence-electron chi connectivity index (χ4n) is 1.72. The van der Waals surface area contributed by atoms with Gasteiger partial charge in [-0.15, -0.1) is 0 Å². The molecule has 0 fully saturated rings. The minimum atomic E-state index is -0.986. The normalized spacial score (nSPS) is 13.8. The Morgan fingerprint density at radius 2 is 1.94 bits per heavy atom. The summed E-state index contributed by atoms with van der Waals surface area (Å²) in [6, 6.07) is 7.90. The lowest BCUT2D eigenvalue weighted by Crippen LogP contribution is -2.23. The van der Waals surface area contributed by atoms with Crippen molar-refractivity contribution in [2.24, 2.45) is 0 Å². The molecule has 1 atom stereocenters. The first-order valence-corrected chi connectivity index (χ1v) is 5.92. The van der Waals surface area contributed by atoms with Gasteiger partial charge < -0.3 is 5.11 Å². The molecular formula is C15H20O. The minimum absolute atomic E-state index is 0.620. The summed E-state index contributed by atoms with van der Waals surface area (Å²) in [5.74, 6) is 6.06. The number of unbranched alkanes of at least 4 members (excludes halogenated alkanes) is 1. The van der Waals surface area contributed by atoms with E-state index in [0.29, 0.717) is 6.42 Å². The quantitative estimate of drug-likeness (QED) is 0.768. The van der Waals surface area contributed by atoms with Gasteiger partial charge in [0.1, 0.15) is 0 Å². The number of rotatable bonds is 3. The van der Waals surface area contributed by atoms with Crippen LogP contribution in [0.4, 0.5) is 0 Å². The molecule has 0 aromatic heterocycles. The molecule has 1 aromatic rings. The summed E-state index contributed by atoms with van der Waals surface area (Å²) in [4.78, 5) is 0. The van der Waals surface area contributed by atoms with Gasteiger partial charge in [-0.25, -0.2) is 0 Å². The lowest BCUT2D eigenvalue weighted by atomic mass is 9.88. The molecule has 0 spiro atoms. The third-order valence-corrected chi connectivity index (χ3v) is 2.77. The highest BCUT2D eigenvalue weighted by Crippen LogP contribution is 2.26. The van der Waals surface area contributed by atoms with Crippen LogP contribution in [0.25, 0.3) is 0 Å². The molecule has 1 nitrogen and oxygen atoms in total. The van der Waals surface area contributed by atoms with E-state index < -0.39 is 5.60 Å². The van der Waals surface area contributed by atoms with Gasteiger partial charge >= 0.3 is 0 Å². The Balaban J connectivity index is 3.07. The Hall–Kier alpha value is -1.26. The van der Waals surface area contributed by atoms with Crippen molar-refractivity contribution in [2.75, 3.05) is 0 Å². The van der Waals surface area contributed by atoms with Crippen LogP contribution >= 0.6 is 0 Å². The SMILES string of the molecule is CCCC#C[C@](O)(CC)c1ccccc1C. The van der Waals surface area contributed by atoms with Crippen LogP contribution in [0.2, 0.25) is 0 Å². The summed E-state index contributed by atoms with van der Waals surface area (Å²) >= 11 is 0. The van der Waals surface area contributed by atoms with E-state index >= 15 is 0 Å². The van der Waals surface area contributed by atoms with Crippen LogP contribution in [-0.4, -0.2) is 5.11 Å². The van der Waals surface area contributed by atoms with E-state index in [1.54, 1.807) is 0 Å². The summed E-state index contributed by atoms with van der Waals surface area (Å²) in [7, 11) is 0. The van der Waals surface area contributed by atoms with E-state index in [2.05, 4.69) is 18.8 Å². The summed E-state index contributed by atoms with van der Waals surface area (Å²) in [5.41, 5.74) is 1.04. The second kappa shape index (κ2) is 5.72. The van der Waals surface area contributed by atoms with E-state index in [4.69, 9.17) is 0 Å². The lowest BCUT2D eigenvalue weighted by Gasteiger charge is -2.22. The molecule has 0 radical (unpaired) electrons. The van der Waals surface area contributed by atoms with Gasteiger partial charge in [-0.05, 0) is 30.9 Å². The number of aryl methyl sites for hydroxylation is 1. The lowest BCUT2D eigenvalue weighted by molar-refractivity contribution is 0.0952. The Morgan fingerprint density at radius 3 is 2.50 bits per heavy atom. The highest BCUT2D eigenvalue weighted by Gasteiger charge is 2.25. The number of hydrogen-bond acceptors (Lipinski definition) is 1. The van der Waals surface area contributed by atoms with Crippen molar-refractivity contribution < 1.29 is 5.11 Å². The van der Waals surface area contributed by atoms with Crippen molar-refractivity contribution in [1.29, 1.82) is 0 Å². The van der Waals surface area contributed by atoms with Crippen molar-refractivity contribution in [3.63, 3.8) is 0 Å². The first-order chi connectivity index (χ1) is 7.64. The first kappa shape index (κ1) is 12.8. The second-order valence-corrected chi connectivity index (χ2v) is 4.08. The van der Waals surface area contributed by atoms with Crippen molar-refractivity contribution in [3.8, 4) is 11.8 Å². The summed E-state index contributed by atoms with van der Waals surface area (Å²) in [6.07, 6.45) is 2.49. The summed E-state index contributed by atoms with van der Waals surface area (Å²) < 4.78 is 0. The van der Waals surface area contributed by atoms with Gasteiger partial charge in [0.05, 0.1) is 0 Å². The molecule has 0 saturated heterocycles. The average molecular weight is 216 g/mol. The maximum absolute atomic E-state index is 10.5. The molecule has 0 aliphatic heterocycles. The Bertz CT molecular complexity index is 397. The van der Waals surface area contributed by atoms with Crippen molar-refractivity contribution >= 4 is 0 Å². The molecule has 1 N–H and O–H groups in total. The molecule has 0 aliphatic rings. The Morgan fingerprint density at radius 1 is 1.25 bits per heavy atom. The van der Waals surface area contributed by atoms with Gasteiger partial charge in [-0.2, -0.15) is 0 Å². The van der Waals surface area contributed by atoms with E-state index in [9.17, 15) is 5.11 Å². The summed E-state index contributed by atoms with van der Waals surface area (Å²) in [6.45, 7) is 6.07. The number of hydrogen-bond donors (Lipinski definition) is 1. The fourth-order valence-corrected chi connectivity index (χ4v) is 1.72. The third-order valence-electron chi connectivity index (χ3n) is 2.77. The van der Waals surface area contributed by atoms with Crippen molar-refractivity contribution in [1.82, 2.24) is 0 Å². The largest absolute Gasteiger partial charge is 0.373 e. The molecule has 0 bridgehead atoms. The van der Waals surface area contributed by atoms with Crippen molar-refractivity contribution in [3.05, 3.63) is 35.4 Å². The smallest absolute Gasteiger partial charge is 0.150 e. The Labute approximate surface area is 98.5 Å². The number of aliphatic hydroxyl groups is 1. The minimum Gasteiger partial charge on any atom is -0.373 e. The molecule has 86 valence electrons. The molecule has 0 amide bonds.